The van der Waals surface area contributed by atoms with Crippen molar-refractivity contribution in [2.75, 3.05) is 18.1 Å². The lowest BCUT2D eigenvalue weighted by Crippen LogP contribution is -2.32. The predicted octanol–water partition coefficient (Wildman–Crippen LogP) is 4.15. The summed E-state index contributed by atoms with van der Waals surface area (Å²) >= 11 is 7.22. The first-order valence-electron chi connectivity index (χ1n) is 9.40. The second kappa shape index (κ2) is 9.80. The summed E-state index contributed by atoms with van der Waals surface area (Å²) in [5, 5.41) is 9.42. The molecule has 0 spiro atoms. The number of nitrogen functional groups attached to an aromatic ring is 1. The van der Waals surface area contributed by atoms with E-state index in [4.69, 9.17) is 17.4 Å². The summed E-state index contributed by atoms with van der Waals surface area (Å²) in [5.74, 6) is 6.98. The highest BCUT2D eigenvalue weighted by molar-refractivity contribution is 7.99. The molecule has 1 heterocycles. The Kier molecular flexibility index (Phi) is 7.17. The molecule has 1 aromatic heterocycles. The minimum atomic E-state index is 0.0495. The molecule has 0 bridgehead atoms. The maximum atomic E-state index is 12.8. The lowest BCUT2D eigenvalue weighted by molar-refractivity contribution is -0.129. The fourth-order valence-corrected chi connectivity index (χ4v) is 3.75. The molecule has 3 aromatic rings. The molecule has 0 aliphatic heterocycles. The molecular formula is C21H24ClN5OS. The van der Waals surface area contributed by atoms with Gasteiger partial charge in [-0.25, -0.2) is 4.68 Å². The standard InChI is InChI=1S/C21H24ClN5OS/c1-3-12-26(13-16-6-4-15(2)5-7-16)19(28)14-29-21-25-24-20(27(21)23)17-8-10-18(22)11-9-17/h4-11H,3,12-14,23H2,1-2H3. The molecule has 6 nitrogen and oxygen atoms in total. The van der Waals surface area contributed by atoms with Crippen LogP contribution in [-0.4, -0.2) is 38.0 Å². The number of nitrogens with zero attached hydrogens (tertiary/aromatic N) is 4. The number of carbonyl (C=O) groups is 1. The lowest BCUT2D eigenvalue weighted by Gasteiger charge is -2.22. The first-order valence-corrected chi connectivity index (χ1v) is 10.8. The van der Waals surface area contributed by atoms with Gasteiger partial charge in [-0.2, -0.15) is 0 Å². The Balaban J connectivity index is 1.65. The predicted molar refractivity (Wildman–Crippen MR) is 118 cm³/mol. The second-order valence-corrected chi connectivity index (χ2v) is 8.15. The van der Waals surface area contributed by atoms with Crippen molar-refractivity contribution in [3.05, 3.63) is 64.7 Å². The van der Waals surface area contributed by atoms with E-state index in [1.807, 2.05) is 17.0 Å². The largest absolute Gasteiger partial charge is 0.338 e. The Morgan fingerprint density at radius 3 is 2.48 bits per heavy atom. The first kappa shape index (κ1) is 21.2. The van der Waals surface area contributed by atoms with Gasteiger partial charge in [-0.3, -0.25) is 4.79 Å². The highest BCUT2D eigenvalue weighted by atomic mass is 35.5. The normalized spacial score (nSPS) is 10.9. The zero-order chi connectivity index (χ0) is 20.8. The van der Waals surface area contributed by atoms with Gasteiger partial charge in [0.2, 0.25) is 11.1 Å². The highest BCUT2D eigenvalue weighted by Crippen LogP contribution is 2.23. The van der Waals surface area contributed by atoms with E-state index >= 15 is 0 Å². The third-order valence-electron chi connectivity index (χ3n) is 4.43. The van der Waals surface area contributed by atoms with Crippen LogP contribution in [0.1, 0.15) is 24.5 Å². The third kappa shape index (κ3) is 5.52. The van der Waals surface area contributed by atoms with E-state index in [0.717, 1.165) is 17.5 Å². The number of hydrogen-bond donors (Lipinski definition) is 1. The summed E-state index contributed by atoms with van der Waals surface area (Å²) < 4.78 is 1.41. The van der Waals surface area contributed by atoms with E-state index in [2.05, 4.69) is 48.3 Å². The minimum Gasteiger partial charge on any atom is -0.338 e. The number of carbonyl (C=O) groups excluding carboxylic acids is 1. The van der Waals surface area contributed by atoms with Crippen molar-refractivity contribution in [3.8, 4) is 11.4 Å². The van der Waals surface area contributed by atoms with Crippen LogP contribution in [0.2, 0.25) is 5.02 Å². The summed E-state index contributed by atoms with van der Waals surface area (Å²) in [6, 6.07) is 15.5. The molecule has 29 heavy (non-hydrogen) atoms. The van der Waals surface area contributed by atoms with Crippen LogP contribution in [0.5, 0.6) is 0 Å². The number of thioether (sulfide) groups is 1. The van der Waals surface area contributed by atoms with E-state index in [1.165, 1.54) is 22.0 Å². The maximum absolute atomic E-state index is 12.8. The van der Waals surface area contributed by atoms with E-state index < -0.39 is 0 Å². The van der Waals surface area contributed by atoms with Crippen LogP contribution < -0.4 is 5.84 Å². The minimum absolute atomic E-state index is 0.0495. The van der Waals surface area contributed by atoms with Crippen LogP contribution >= 0.6 is 23.4 Å². The lowest BCUT2D eigenvalue weighted by atomic mass is 10.1. The zero-order valence-electron chi connectivity index (χ0n) is 16.5. The van der Waals surface area contributed by atoms with Gasteiger partial charge in [0.15, 0.2) is 5.82 Å². The summed E-state index contributed by atoms with van der Waals surface area (Å²) in [6.45, 7) is 5.42. The van der Waals surface area contributed by atoms with Gasteiger partial charge in [0.05, 0.1) is 5.75 Å². The van der Waals surface area contributed by atoms with Crippen molar-refractivity contribution < 1.29 is 4.79 Å². The number of benzene rings is 2. The van der Waals surface area contributed by atoms with Crippen molar-refractivity contribution in [1.82, 2.24) is 19.8 Å². The van der Waals surface area contributed by atoms with Crippen LogP contribution in [0.3, 0.4) is 0 Å². The summed E-state index contributed by atoms with van der Waals surface area (Å²) in [4.78, 5) is 14.7. The molecule has 152 valence electrons. The molecule has 0 fully saturated rings. The van der Waals surface area contributed by atoms with Gasteiger partial charge in [-0.05, 0) is 43.2 Å². The van der Waals surface area contributed by atoms with Gasteiger partial charge in [0.25, 0.3) is 0 Å². The molecule has 0 atom stereocenters. The molecule has 1 amide bonds. The highest BCUT2D eigenvalue weighted by Gasteiger charge is 2.17. The van der Waals surface area contributed by atoms with Crippen LogP contribution in [0.25, 0.3) is 11.4 Å². The Hall–Kier alpha value is -2.51. The van der Waals surface area contributed by atoms with Crippen molar-refractivity contribution in [2.24, 2.45) is 0 Å². The average molecular weight is 430 g/mol. The molecule has 0 saturated heterocycles. The second-order valence-electron chi connectivity index (χ2n) is 6.77. The SMILES string of the molecule is CCCN(Cc1ccc(C)cc1)C(=O)CSc1nnc(-c2ccc(Cl)cc2)n1N. The zero-order valence-corrected chi connectivity index (χ0v) is 18.1. The molecule has 0 unspecified atom stereocenters. The Labute approximate surface area is 180 Å². The van der Waals surface area contributed by atoms with Crippen LogP contribution in [-0.2, 0) is 11.3 Å². The van der Waals surface area contributed by atoms with Crippen molar-refractivity contribution in [3.63, 3.8) is 0 Å². The molecule has 0 aliphatic rings. The average Bonchev–Trinajstić information content (AvgIpc) is 3.08. The van der Waals surface area contributed by atoms with Crippen LogP contribution in [0.4, 0.5) is 0 Å². The summed E-state index contributed by atoms with van der Waals surface area (Å²) in [7, 11) is 0. The number of nitrogens with two attached hydrogens (primary N) is 1. The molecule has 0 radical (unpaired) electrons. The van der Waals surface area contributed by atoms with E-state index in [1.54, 1.807) is 12.1 Å². The van der Waals surface area contributed by atoms with Crippen LogP contribution in [0, 0.1) is 6.92 Å². The topological polar surface area (TPSA) is 77.0 Å². The molecule has 0 aliphatic carbocycles. The number of hydrogen-bond acceptors (Lipinski definition) is 5. The maximum Gasteiger partial charge on any atom is 0.233 e. The molecule has 2 aromatic carbocycles. The molecule has 8 heteroatoms. The summed E-state index contributed by atoms with van der Waals surface area (Å²) in [6.07, 6.45) is 0.899. The van der Waals surface area contributed by atoms with Gasteiger partial charge < -0.3 is 10.7 Å². The fraction of sp³-hybridized carbons (Fsp3) is 0.286. The number of rotatable bonds is 8. The fourth-order valence-electron chi connectivity index (χ4n) is 2.86. The van der Waals surface area contributed by atoms with Gasteiger partial charge in [0.1, 0.15) is 0 Å². The van der Waals surface area contributed by atoms with E-state index in [-0.39, 0.29) is 11.7 Å². The van der Waals surface area contributed by atoms with Gasteiger partial charge in [0, 0.05) is 23.7 Å². The summed E-state index contributed by atoms with van der Waals surface area (Å²) in [5.41, 5.74) is 3.14. The Bertz CT molecular complexity index is 956. The van der Waals surface area contributed by atoms with E-state index in [0.29, 0.717) is 29.1 Å². The van der Waals surface area contributed by atoms with Crippen molar-refractivity contribution in [2.45, 2.75) is 32.0 Å². The Morgan fingerprint density at radius 2 is 1.83 bits per heavy atom. The molecular weight excluding hydrogens is 406 g/mol. The van der Waals surface area contributed by atoms with Crippen LogP contribution in [0.15, 0.2) is 53.7 Å². The number of aromatic nitrogens is 3. The third-order valence-corrected chi connectivity index (χ3v) is 5.61. The molecule has 3 rings (SSSR count). The first-order chi connectivity index (χ1) is 14.0. The number of aryl methyl sites for hydroxylation is 1. The van der Waals surface area contributed by atoms with E-state index in [9.17, 15) is 4.79 Å². The quantitative estimate of drug-likeness (QED) is 0.430. The van der Waals surface area contributed by atoms with Gasteiger partial charge >= 0.3 is 0 Å². The number of halogens is 1. The van der Waals surface area contributed by atoms with Gasteiger partial charge in [-0.1, -0.05) is 60.1 Å². The number of amides is 1. The van der Waals surface area contributed by atoms with Crippen molar-refractivity contribution in [1.29, 1.82) is 0 Å². The monoisotopic (exact) mass is 429 g/mol. The molecule has 0 saturated carbocycles. The molecule has 2 N–H and O–H groups in total. The van der Waals surface area contributed by atoms with Gasteiger partial charge in [-0.15, -0.1) is 10.2 Å². The van der Waals surface area contributed by atoms with Crippen molar-refractivity contribution >= 4 is 29.3 Å². The Morgan fingerprint density at radius 1 is 1.14 bits per heavy atom. The smallest absolute Gasteiger partial charge is 0.233 e.